The lowest BCUT2D eigenvalue weighted by atomic mass is 9.97. The van der Waals surface area contributed by atoms with E-state index in [1.165, 1.54) is 4.90 Å². The Balaban J connectivity index is 2.02. The van der Waals surface area contributed by atoms with Crippen molar-refractivity contribution in [2.45, 2.75) is 72.2 Å². The molecule has 0 heterocycles. The molecule has 2 atom stereocenters. The minimum atomic E-state index is -0.993. The maximum Gasteiger partial charge on any atom is 0.408 e. The Bertz CT molecular complexity index is 1400. The van der Waals surface area contributed by atoms with E-state index in [1.54, 1.807) is 45.0 Å². The Kier molecular flexibility index (Phi) is 9.60. The monoisotopic (exact) mass is 541 g/mol. The molecule has 3 aromatic carbocycles. The van der Waals surface area contributed by atoms with Crippen LogP contribution in [0, 0.1) is 18.3 Å². The predicted molar refractivity (Wildman–Crippen MR) is 160 cm³/mol. The van der Waals surface area contributed by atoms with Crippen LogP contribution in [0.3, 0.4) is 0 Å². The van der Waals surface area contributed by atoms with Gasteiger partial charge in [-0.05, 0) is 81.1 Å². The van der Waals surface area contributed by atoms with Crippen LogP contribution in [0.25, 0.3) is 10.8 Å². The van der Waals surface area contributed by atoms with Crippen molar-refractivity contribution in [1.29, 1.82) is 0 Å². The van der Waals surface area contributed by atoms with Crippen molar-refractivity contribution in [2.75, 3.05) is 5.32 Å². The lowest BCUT2D eigenvalue weighted by Gasteiger charge is -2.38. The second kappa shape index (κ2) is 12.7. The van der Waals surface area contributed by atoms with E-state index in [-0.39, 0.29) is 17.9 Å². The summed E-state index contributed by atoms with van der Waals surface area (Å²) in [5, 5.41) is 7.77. The summed E-state index contributed by atoms with van der Waals surface area (Å²) in [6, 6.07) is 18.2. The molecule has 0 aliphatic carbocycles. The van der Waals surface area contributed by atoms with Crippen molar-refractivity contribution in [3.63, 3.8) is 0 Å². The first-order chi connectivity index (χ1) is 18.8. The first-order valence-corrected chi connectivity index (χ1v) is 13.5. The van der Waals surface area contributed by atoms with E-state index in [4.69, 9.17) is 11.2 Å². The van der Waals surface area contributed by atoms with Crippen LogP contribution in [0.5, 0.6) is 0 Å². The quantitative estimate of drug-likeness (QED) is 0.328. The lowest BCUT2D eigenvalue weighted by Crippen LogP contribution is -2.56. The number of carbonyl (C=O) groups is 3. The molecule has 210 valence electrons. The zero-order valence-corrected chi connectivity index (χ0v) is 24.3. The minimum absolute atomic E-state index is 0.269. The number of anilines is 1. The van der Waals surface area contributed by atoms with Gasteiger partial charge in [-0.15, -0.1) is 6.42 Å². The fourth-order valence-electron chi connectivity index (χ4n) is 4.47. The van der Waals surface area contributed by atoms with E-state index in [0.717, 1.165) is 10.8 Å². The zero-order chi connectivity index (χ0) is 29.6. The summed E-state index contributed by atoms with van der Waals surface area (Å²) in [6.07, 6.45) is 4.86. The highest BCUT2D eigenvalue weighted by molar-refractivity contribution is 6.00. The smallest absolute Gasteiger partial charge is 0.408 e. The Morgan fingerprint density at radius 2 is 1.52 bits per heavy atom. The summed E-state index contributed by atoms with van der Waals surface area (Å²) >= 11 is 0. The molecule has 0 radical (unpaired) electrons. The highest BCUT2D eigenvalue weighted by Gasteiger charge is 2.39. The van der Waals surface area contributed by atoms with E-state index in [9.17, 15) is 14.4 Å². The van der Waals surface area contributed by atoms with Crippen LogP contribution in [-0.4, -0.2) is 40.5 Å². The molecule has 0 aliphatic rings. The van der Waals surface area contributed by atoms with E-state index < -0.39 is 29.7 Å². The van der Waals surface area contributed by atoms with Gasteiger partial charge in [0.1, 0.15) is 17.7 Å². The number of nitrogens with zero attached hydrogens (tertiary/aromatic N) is 1. The molecule has 7 nitrogen and oxygen atoms in total. The number of benzene rings is 3. The molecule has 0 fully saturated rings. The molecule has 3 aromatic rings. The molecule has 2 unspecified atom stereocenters. The van der Waals surface area contributed by atoms with Crippen molar-refractivity contribution >= 4 is 34.4 Å². The number of terminal acetylenes is 1. The van der Waals surface area contributed by atoms with Crippen LogP contribution in [0.1, 0.15) is 65.6 Å². The molecule has 0 spiro atoms. The van der Waals surface area contributed by atoms with Gasteiger partial charge in [-0.1, -0.05) is 62.2 Å². The molecule has 3 rings (SSSR count). The summed E-state index contributed by atoms with van der Waals surface area (Å²) in [7, 11) is 0. The van der Waals surface area contributed by atoms with Gasteiger partial charge in [-0.3, -0.25) is 9.59 Å². The maximum absolute atomic E-state index is 14.1. The highest BCUT2D eigenvalue weighted by atomic mass is 16.6. The highest BCUT2D eigenvalue weighted by Crippen LogP contribution is 2.28. The standard InChI is InChI=1S/C33H39N3O4/c1-9-23-14-16-25(17-15-23)29(30(37)34-27-19-18-24-12-10-11-13-26(24)20-27)36(22(4)5)31(38)28(21(2)3)35-32(39)40-33(6,7)8/h1,10-22,28-29H,2-8H3,(H,34,37)(H,35,39). The summed E-state index contributed by atoms with van der Waals surface area (Å²) in [6.45, 7) is 12.6. The second-order valence-corrected chi connectivity index (χ2v) is 11.4. The topological polar surface area (TPSA) is 87.7 Å². The Labute approximate surface area is 237 Å². The number of rotatable bonds is 8. The van der Waals surface area contributed by atoms with Crippen LogP contribution in [0.15, 0.2) is 66.7 Å². The zero-order valence-electron chi connectivity index (χ0n) is 24.3. The maximum atomic E-state index is 14.1. The molecule has 0 bridgehead atoms. The summed E-state index contributed by atoms with van der Waals surface area (Å²) in [5.41, 5.74) is 1.14. The van der Waals surface area contributed by atoms with Crippen LogP contribution >= 0.6 is 0 Å². The number of amides is 3. The van der Waals surface area contributed by atoms with E-state index in [2.05, 4.69) is 16.6 Å². The van der Waals surface area contributed by atoms with Crippen LogP contribution in [-0.2, 0) is 14.3 Å². The number of carbonyl (C=O) groups excluding carboxylic acids is 3. The van der Waals surface area contributed by atoms with E-state index >= 15 is 0 Å². The largest absolute Gasteiger partial charge is 0.444 e. The van der Waals surface area contributed by atoms with E-state index in [1.807, 2.05) is 70.2 Å². The van der Waals surface area contributed by atoms with Crippen molar-refractivity contribution in [2.24, 2.45) is 5.92 Å². The van der Waals surface area contributed by atoms with Crippen molar-refractivity contribution in [3.8, 4) is 12.3 Å². The lowest BCUT2D eigenvalue weighted by molar-refractivity contribution is -0.143. The molecule has 0 aromatic heterocycles. The molecule has 40 heavy (non-hydrogen) atoms. The third-order valence-corrected chi connectivity index (χ3v) is 6.35. The van der Waals surface area contributed by atoms with Gasteiger partial charge in [0.25, 0.3) is 5.91 Å². The average molecular weight is 542 g/mol. The summed E-state index contributed by atoms with van der Waals surface area (Å²) in [5.74, 6) is 1.54. The third kappa shape index (κ3) is 7.63. The number of hydrogen-bond donors (Lipinski definition) is 2. The van der Waals surface area contributed by atoms with Gasteiger partial charge >= 0.3 is 6.09 Å². The van der Waals surface area contributed by atoms with Gasteiger partial charge in [-0.2, -0.15) is 0 Å². The van der Waals surface area contributed by atoms with Gasteiger partial charge in [0.2, 0.25) is 5.91 Å². The third-order valence-electron chi connectivity index (χ3n) is 6.35. The van der Waals surface area contributed by atoms with Crippen LogP contribution in [0.2, 0.25) is 0 Å². The molecule has 0 saturated carbocycles. The molecule has 2 N–H and O–H groups in total. The molecular weight excluding hydrogens is 502 g/mol. The Hall–Kier alpha value is -4.31. The summed E-state index contributed by atoms with van der Waals surface area (Å²) in [4.78, 5) is 42.3. The molecule has 7 heteroatoms. The second-order valence-electron chi connectivity index (χ2n) is 11.4. The molecule has 0 aliphatic heterocycles. The van der Waals surface area contributed by atoms with Crippen molar-refractivity contribution in [3.05, 3.63) is 77.9 Å². The number of nitrogens with one attached hydrogen (secondary N) is 2. The van der Waals surface area contributed by atoms with Crippen molar-refractivity contribution in [1.82, 2.24) is 10.2 Å². The normalized spacial score (nSPS) is 12.9. The Morgan fingerprint density at radius 1 is 0.900 bits per heavy atom. The first-order valence-electron chi connectivity index (χ1n) is 13.5. The number of alkyl carbamates (subject to hydrolysis) is 1. The summed E-state index contributed by atoms with van der Waals surface area (Å²) < 4.78 is 5.42. The van der Waals surface area contributed by atoms with Crippen LogP contribution < -0.4 is 10.6 Å². The molecule has 3 amide bonds. The number of fused-ring (bicyclic) bond motifs is 1. The molecule has 0 saturated heterocycles. The minimum Gasteiger partial charge on any atom is -0.444 e. The van der Waals surface area contributed by atoms with Gasteiger partial charge in [0.05, 0.1) is 0 Å². The van der Waals surface area contributed by atoms with Gasteiger partial charge in [0.15, 0.2) is 0 Å². The first kappa shape index (κ1) is 30.2. The van der Waals surface area contributed by atoms with E-state index in [0.29, 0.717) is 16.8 Å². The number of hydrogen-bond acceptors (Lipinski definition) is 4. The fourth-order valence-corrected chi connectivity index (χ4v) is 4.47. The van der Waals surface area contributed by atoms with Gasteiger partial charge in [-0.25, -0.2) is 4.79 Å². The Morgan fingerprint density at radius 3 is 2.08 bits per heavy atom. The van der Waals surface area contributed by atoms with Gasteiger partial charge in [0, 0.05) is 17.3 Å². The average Bonchev–Trinajstić information content (AvgIpc) is 2.88. The fraction of sp³-hybridized carbons (Fsp3) is 0.364. The van der Waals surface area contributed by atoms with Crippen molar-refractivity contribution < 1.29 is 19.1 Å². The van der Waals surface area contributed by atoms with Gasteiger partial charge < -0.3 is 20.3 Å². The molecular formula is C33H39N3O4. The SMILES string of the molecule is C#Cc1ccc(C(C(=O)Nc2ccc3ccccc3c2)N(C(=O)C(NC(=O)OC(C)(C)C)C(C)C)C(C)C)cc1. The number of ether oxygens (including phenoxy) is 1. The predicted octanol–water partition coefficient (Wildman–Crippen LogP) is 6.29. The van der Waals surface area contributed by atoms with Crippen LogP contribution in [0.4, 0.5) is 10.5 Å².